The van der Waals surface area contributed by atoms with Crippen molar-refractivity contribution in [2.24, 2.45) is 0 Å². The number of anilines is 1. The number of nitro groups is 1. The zero-order valence-corrected chi connectivity index (χ0v) is 17.6. The molecule has 1 rings (SSSR count). The molecule has 0 heterocycles. The van der Waals surface area contributed by atoms with Gasteiger partial charge in [0, 0.05) is 18.1 Å². The standard InChI is InChI=1S/C19H29N3O7/c1-18(2,3)28-16(24)20-13-8-7-12(15(10-13)22(26)27)9-14(11-23)21-17(25)29-19(4,5)6/h7-8,10,14,23H,9,11H2,1-6H3,(H,20,24)(H,21,25). The maximum absolute atomic E-state index is 11.9. The smallest absolute Gasteiger partial charge is 0.412 e. The summed E-state index contributed by atoms with van der Waals surface area (Å²) in [7, 11) is 0. The van der Waals surface area contributed by atoms with Crippen LogP contribution in [0.25, 0.3) is 0 Å². The van der Waals surface area contributed by atoms with Gasteiger partial charge in [-0.2, -0.15) is 0 Å². The summed E-state index contributed by atoms with van der Waals surface area (Å²) in [5, 5.41) is 25.9. The lowest BCUT2D eigenvalue weighted by Gasteiger charge is -2.23. The number of amides is 2. The van der Waals surface area contributed by atoms with Crippen LogP contribution >= 0.6 is 0 Å². The van der Waals surface area contributed by atoms with Gasteiger partial charge in [0.2, 0.25) is 0 Å². The van der Waals surface area contributed by atoms with Crippen molar-refractivity contribution in [1.82, 2.24) is 5.32 Å². The Balaban J connectivity index is 2.94. The second-order valence-corrected chi connectivity index (χ2v) is 8.46. The molecule has 0 aliphatic rings. The average Bonchev–Trinajstić information content (AvgIpc) is 2.51. The highest BCUT2D eigenvalue weighted by Gasteiger charge is 2.23. The van der Waals surface area contributed by atoms with Gasteiger partial charge in [-0.05, 0) is 47.6 Å². The summed E-state index contributed by atoms with van der Waals surface area (Å²) >= 11 is 0. The second kappa shape index (κ2) is 9.55. The highest BCUT2D eigenvalue weighted by atomic mass is 16.6. The molecule has 0 saturated heterocycles. The number of alkyl carbamates (subject to hydrolysis) is 1. The second-order valence-electron chi connectivity index (χ2n) is 8.46. The molecule has 10 nitrogen and oxygen atoms in total. The highest BCUT2D eigenvalue weighted by Crippen LogP contribution is 2.25. The van der Waals surface area contributed by atoms with Crippen LogP contribution in [-0.2, 0) is 15.9 Å². The van der Waals surface area contributed by atoms with E-state index in [0.717, 1.165) is 0 Å². The van der Waals surface area contributed by atoms with Gasteiger partial charge >= 0.3 is 12.2 Å². The fraction of sp³-hybridized carbons (Fsp3) is 0.579. The predicted octanol–water partition coefficient (Wildman–Crippen LogP) is 3.37. The first-order chi connectivity index (χ1) is 13.2. The van der Waals surface area contributed by atoms with Gasteiger partial charge in [-0.25, -0.2) is 9.59 Å². The van der Waals surface area contributed by atoms with Crippen molar-refractivity contribution in [3.05, 3.63) is 33.9 Å². The highest BCUT2D eigenvalue weighted by molar-refractivity contribution is 5.85. The van der Waals surface area contributed by atoms with E-state index in [1.165, 1.54) is 18.2 Å². The Bertz CT molecular complexity index is 751. The van der Waals surface area contributed by atoms with Crippen LogP contribution in [0.3, 0.4) is 0 Å². The fourth-order valence-electron chi connectivity index (χ4n) is 2.31. The van der Waals surface area contributed by atoms with Gasteiger partial charge in [-0.1, -0.05) is 6.07 Å². The van der Waals surface area contributed by atoms with Gasteiger partial charge < -0.3 is 19.9 Å². The zero-order chi connectivity index (χ0) is 22.4. The van der Waals surface area contributed by atoms with Crippen LogP contribution in [0.2, 0.25) is 0 Å². The molecular weight excluding hydrogens is 382 g/mol. The summed E-state index contributed by atoms with van der Waals surface area (Å²) in [6.45, 7) is 9.75. The molecule has 2 amide bonds. The molecule has 3 N–H and O–H groups in total. The largest absolute Gasteiger partial charge is 0.444 e. The van der Waals surface area contributed by atoms with Crippen molar-refractivity contribution < 1.29 is 29.1 Å². The van der Waals surface area contributed by atoms with E-state index in [2.05, 4.69) is 10.6 Å². The average molecular weight is 411 g/mol. The van der Waals surface area contributed by atoms with E-state index < -0.39 is 41.0 Å². The third-order valence-electron chi connectivity index (χ3n) is 3.33. The maximum atomic E-state index is 11.9. The van der Waals surface area contributed by atoms with Gasteiger partial charge in [-0.15, -0.1) is 0 Å². The van der Waals surface area contributed by atoms with Crippen LogP contribution < -0.4 is 10.6 Å². The molecule has 0 aliphatic heterocycles. The zero-order valence-electron chi connectivity index (χ0n) is 17.6. The molecule has 1 atom stereocenters. The third-order valence-corrected chi connectivity index (χ3v) is 3.33. The van der Waals surface area contributed by atoms with Crippen molar-refractivity contribution in [3.63, 3.8) is 0 Å². The molecule has 10 heteroatoms. The first kappa shape index (κ1) is 24.2. The quantitative estimate of drug-likeness (QED) is 0.481. The number of carbonyl (C=O) groups excluding carboxylic acids is 2. The number of aliphatic hydroxyl groups is 1. The molecule has 0 saturated carbocycles. The number of ether oxygens (including phenoxy) is 2. The van der Waals surface area contributed by atoms with E-state index in [0.29, 0.717) is 0 Å². The van der Waals surface area contributed by atoms with Crippen LogP contribution in [-0.4, -0.2) is 46.1 Å². The van der Waals surface area contributed by atoms with E-state index in [1.807, 2.05) is 0 Å². The SMILES string of the molecule is CC(C)(C)OC(=O)Nc1ccc(CC(CO)NC(=O)OC(C)(C)C)c([N+](=O)[O-])c1. The summed E-state index contributed by atoms with van der Waals surface area (Å²) in [5.74, 6) is 0. The van der Waals surface area contributed by atoms with Gasteiger partial charge in [0.15, 0.2) is 0 Å². The van der Waals surface area contributed by atoms with E-state index >= 15 is 0 Å². The predicted molar refractivity (Wildman–Crippen MR) is 107 cm³/mol. The number of nitrogens with zero attached hydrogens (tertiary/aromatic N) is 1. The molecule has 0 bridgehead atoms. The summed E-state index contributed by atoms with van der Waals surface area (Å²) in [4.78, 5) is 34.6. The summed E-state index contributed by atoms with van der Waals surface area (Å²) in [5.41, 5.74) is -1.22. The van der Waals surface area contributed by atoms with Crippen LogP contribution in [0.4, 0.5) is 21.0 Å². The van der Waals surface area contributed by atoms with Gasteiger partial charge in [0.25, 0.3) is 5.69 Å². The lowest BCUT2D eigenvalue weighted by Crippen LogP contribution is -2.42. The normalized spacial score (nSPS) is 12.7. The fourth-order valence-corrected chi connectivity index (χ4v) is 2.31. The van der Waals surface area contributed by atoms with Gasteiger partial charge in [0.1, 0.15) is 11.2 Å². The van der Waals surface area contributed by atoms with Crippen LogP contribution in [0.5, 0.6) is 0 Å². The molecule has 0 radical (unpaired) electrons. The first-order valence-electron chi connectivity index (χ1n) is 9.08. The molecule has 29 heavy (non-hydrogen) atoms. The number of hydrogen-bond donors (Lipinski definition) is 3. The minimum atomic E-state index is -0.784. The molecule has 0 fully saturated rings. The minimum absolute atomic E-state index is 0.00122. The Morgan fingerprint density at radius 2 is 1.66 bits per heavy atom. The first-order valence-corrected chi connectivity index (χ1v) is 9.08. The number of benzene rings is 1. The number of rotatable bonds is 6. The Morgan fingerprint density at radius 3 is 2.14 bits per heavy atom. The number of carbonyl (C=O) groups is 2. The van der Waals surface area contributed by atoms with Crippen LogP contribution in [0.15, 0.2) is 18.2 Å². The Labute approximate surface area is 169 Å². The van der Waals surface area contributed by atoms with Crippen molar-refractivity contribution in [2.75, 3.05) is 11.9 Å². The molecule has 0 aromatic heterocycles. The number of aliphatic hydroxyl groups excluding tert-OH is 1. The van der Waals surface area contributed by atoms with E-state index in [4.69, 9.17) is 9.47 Å². The molecule has 1 aromatic carbocycles. The van der Waals surface area contributed by atoms with Crippen LogP contribution in [0, 0.1) is 10.1 Å². The van der Waals surface area contributed by atoms with Gasteiger partial charge in [-0.3, -0.25) is 15.4 Å². The Kier molecular flexibility index (Phi) is 7.96. The Hall–Kier alpha value is -2.88. The van der Waals surface area contributed by atoms with Crippen molar-refractivity contribution in [3.8, 4) is 0 Å². The van der Waals surface area contributed by atoms with E-state index in [9.17, 15) is 24.8 Å². The van der Waals surface area contributed by atoms with E-state index in [-0.39, 0.29) is 23.4 Å². The number of nitrogens with one attached hydrogen (secondary N) is 2. The van der Waals surface area contributed by atoms with Crippen molar-refractivity contribution in [2.45, 2.75) is 65.2 Å². The maximum Gasteiger partial charge on any atom is 0.412 e. The van der Waals surface area contributed by atoms with E-state index in [1.54, 1.807) is 41.5 Å². The Morgan fingerprint density at radius 1 is 1.10 bits per heavy atom. The molecule has 0 aliphatic carbocycles. The lowest BCUT2D eigenvalue weighted by atomic mass is 10.0. The minimum Gasteiger partial charge on any atom is -0.444 e. The molecular formula is C19H29N3O7. The number of hydrogen-bond acceptors (Lipinski definition) is 7. The molecule has 162 valence electrons. The lowest BCUT2D eigenvalue weighted by molar-refractivity contribution is -0.385. The molecule has 1 aromatic rings. The summed E-state index contributed by atoms with van der Waals surface area (Å²) < 4.78 is 10.3. The monoisotopic (exact) mass is 411 g/mol. The molecule has 0 spiro atoms. The van der Waals surface area contributed by atoms with Crippen molar-refractivity contribution in [1.29, 1.82) is 0 Å². The topological polar surface area (TPSA) is 140 Å². The third kappa shape index (κ3) is 9.24. The van der Waals surface area contributed by atoms with Gasteiger partial charge in [0.05, 0.1) is 23.3 Å². The van der Waals surface area contributed by atoms with Crippen LogP contribution in [0.1, 0.15) is 47.1 Å². The summed E-state index contributed by atoms with van der Waals surface area (Å²) in [6, 6.07) is 3.34. The molecule has 1 unspecified atom stereocenters. The summed E-state index contributed by atoms with van der Waals surface area (Å²) in [6.07, 6.45) is -1.47. The van der Waals surface area contributed by atoms with Crippen molar-refractivity contribution >= 4 is 23.6 Å². The number of nitro benzene ring substituents is 1.